The maximum Gasteiger partial charge on any atom is 0.267 e. The Balaban J connectivity index is 2.05. The molecule has 126 valence electrons. The lowest BCUT2D eigenvalue weighted by Crippen LogP contribution is -2.12. The van der Waals surface area contributed by atoms with Crippen molar-refractivity contribution in [1.82, 2.24) is 4.98 Å². The lowest BCUT2D eigenvalue weighted by molar-refractivity contribution is 0.492. The molecule has 0 aliphatic heterocycles. The van der Waals surface area contributed by atoms with Gasteiger partial charge in [-0.05, 0) is 24.3 Å². The fourth-order valence-corrected chi connectivity index (χ4v) is 3.34. The molecule has 1 aromatic heterocycles. The van der Waals surface area contributed by atoms with Crippen LogP contribution in [-0.2, 0) is 5.75 Å². The third-order valence-corrected chi connectivity index (χ3v) is 4.59. The van der Waals surface area contributed by atoms with Crippen LogP contribution in [0, 0.1) is 34.6 Å². The number of nitrogens with zero attached hydrogens (tertiary/aromatic N) is 1. The van der Waals surface area contributed by atoms with E-state index in [1.165, 1.54) is 6.07 Å². The van der Waals surface area contributed by atoms with E-state index < -0.39 is 28.8 Å². The highest BCUT2D eigenvalue weighted by atomic mass is 32.2. The first-order chi connectivity index (χ1) is 11.9. The van der Waals surface area contributed by atoms with E-state index in [2.05, 4.69) is 4.98 Å². The van der Waals surface area contributed by atoms with Crippen LogP contribution in [-0.4, -0.2) is 4.98 Å². The molecule has 0 spiro atoms. The fraction of sp³-hybridized carbons (Fsp3) is 0.0588. The molecule has 0 aliphatic carbocycles. The normalized spacial score (nSPS) is 10.8. The zero-order chi connectivity index (χ0) is 18.1. The van der Waals surface area contributed by atoms with Gasteiger partial charge in [0.2, 0.25) is 0 Å². The van der Waals surface area contributed by atoms with Crippen molar-refractivity contribution >= 4 is 22.5 Å². The Hall–Kier alpha value is -2.79. The van der Waals surface area contributed by atoms with Crippen LogP contribution in [0.1, 0.15) is 11.1 Å². The smallest absolute Gasteiger partial charge is 0.267 e. The fourth-order valence-electron chi connectivity index (χ4n) is 2.33. The number of rotatable bonds is 3. The van der Waals surface area contributed by atoms with Crippen LogP contribution in [0.15, 0.2) is 40.2 Å². The minimum atomic E-state index is -1.30. The van der Waals surface area contributed by atoms with Crippen molar-refractivity contribution in [1.29, 1.82) is 5.26 Å². The lowest BCUT2D eigenvalue weighted by Gasteiger charge is -2.09. The molecule has 3 rings (SSSR count). The average Bonchev–Trinajstić information content (AvgIpc) is 2.57. The van der Waals surface area contributed by atoms with Crippen molar-refractivity contribution in [3.05, 3.63) is 75.1 Å². The molecule has 0 fully saturated rings. The number of nitriles is 1. The average molecular weight is 364 g/mol. The summed E-state index contributed by atoms with van der Waals surface area (Å²) in [6, 6.07) is 6.47. The summed E-state index contributed by atoms with van der Waals surface area (Å²) in [7, 11) is 0. The van der Waals surface area contributed by atoms with Gasteiger partial charge in [-0.1, -0.05) is 0 Å². The number of fused-ring (bicyclic) bond motifs is 1. The number of thioether (sulfide) groups is 1. The molecular weight excluding hydrogens is 356 g/mol. The standard InChI is InChI=1S/C17H8F4N2OS/c18-9-1-2-10-11(4-9)17(23-16(24)12(10)6-22)25-7-8-3-14(20)15(21)5-13(8)19/h1-5H,7H2,(H,23,24). The SMILES string of the molecule is N#Cc1c(=O)[nH]c(SCc2cc(F)c(F)cc2F)c2cc(F)ccc12. The molecule has 1 heterocycles. The van der Waals surface area contributed by atoms with E-state index in [1.54, 1.807) is 6.07 Å². The number of benzene rings is 2. The van der Waals surface area contributed by atoms with Gasteiger partial charge < -0.3 is 4.98 Å². The van der Waals surface area contributed by atoms with Crippen molar-refractivity contribution < 1.29 is 17.6 Å². The third kappa shape index (κ3) is 3.23. The number of halogens is 4. The highest BCUT2D eigenvalue weighted by Gasteiger charge is 2.14. The van der Waals surface area contributed by atoms with Gasteiger partial charge in [-0.3, -0.25) is 4.79 Å². The van der Waals surface area contributed by atoms with Gasteiger partial charge in [0.15, 0.2) is 11.6 Å². The predicted molar refractivity (Wildman–Crippen MR) is 85.1 cm³/mol. The van der Waals surface area contributed by atoms with Gasteiger partial charge >= 0.3 is 0 Å². The van der Waals surface area contributed by atoms with Gasteiger partial charge in [0.05, 0.1) is 5.03 Å². The summed E-state index contributed by atoms with van der Waals surface area (Å²) in [5.41, 5.74) is -0.952. The number of hydrogen-bond acceptors (Lipinski definition) is 3. The van der Waals surface area contributed by atoms with Gasteiger partial charge in [0.25, 0.3) is 5.56 Å². The zero-order valence-corrected chi connectivity index (χ0v) is 13.2. The molecule has 2 aromatic carbocycles. The van der Waals surface area contributed by atoms with Crippen molar-refractivity contribution in [3.63, 3.8) is 0 Å². The second kappa shape index (κ2) is 6.61. The van der Waals surface area contributed by atoms with Crippen molar-refractivity contribution in [3.8, 4) is 6.07 Å². The van der Waals surface area contributed by atoms with Crippen LogP contribution >= 0.6 is 11.8 Å². The van der Waals surface area contributed by atoms with Gasteiger partial charge in [-0.15, -0.1) is 11.8 Å². The second-order valence-electron chi connectivity index (χ2n) is 5.11. The number of aromatic nitrogens is 1. The van der Waals surface area contributed by atoms with Crippen molar-refractivity contribution in [2.75, 3.05) is 0 Å². The molecule has 0 unspecified atom stereocenters. The number of hydrogen-bond donors (Lipinski definition) is 1. The Morgan fingerprint density at radius 2 is 1.72 bits per heavy atom. The largest absolute Gasteiger partial charge is 0.315 e. The Morgan fingerprint density at radius 3 is 2.44 bits per heavy atom. The molecule has 25 heavy (non-hydrogen) atoms. The number of aromatic amines is 1. The van der Waals surface area contributed by atoms with E-state index in [4.69, 9.17) is 5.26 Å². The number of H-pyrrole nitrogens is 1. The first kappa shape index (κ1) is 17.0. The van der Waals surface area contributed by atoms with E-state index in [0.29, 0.717) is 6.07 Å². The van der Waals surface area contributed by atoms with E-state index in [-0.39, 0.29) is 32.7 Å². The first-order valence-electron chi connectivity index (χ1n) is 6.92. The Morgan fingerprint density at radius 1 is 1.00 bits per heavy atom. The lowest BCUT2D eigenvalue weighted by atomic mass is 10.1. The maximum absolute atomic E-state index is 13.7. The summed E-state index contributed by atoms with van der Waals surface area (Å²) in [6.07, 6.45) is 0. The summed E-state index contributed by atoms with van der Waals surface area (Å²) >= 11 is 0.913. The summed E-state index contributed by atoms with van der Waals surface area (Å²) in [6.45, 7) is 0. The third-order valence-electron chi connectivity index (χ3n) is 3.52. The molecule has 1 N–H and O–H groups in total. The predicted octanol–water partition coefficient (Wildman–Crippen LogP) is 4.25. The minimum absolute atomic E-state index is 0.112. The highest BCUT2D eigenvalue weighted by Crippen LogP contribution is 2.30. The van der Waals surface area contributed by atoms with Crippen LogP contribution < -0.4 is 5.56 Å². The molecule has 3 nitrogen and oxygen atoms in total. The van der Waals surface area contributed by atoms with Gasteiger partial charge in [-0.2, -0.15) is 5.26 Å². The second-order valence-corrected chi connectivity index (χ2v) is 6.09. The Kier molecular flexibility index (Phi) is 4.51. The molecule has 0 atom stereocenters. The zero-order valence-electron chi connectivity index (χ0n) is 12.4. The molecule has 0 amide bonds. The number of pyridine rings is 1. The van der Waals surface area contributed by atoms with Crippen LogP contribution in [0.4, 0.5) is 17.6 Å². The molecule has 0 bridgehead atoms. The van der Waals surface area contributed by atoms with Crippen molar-refractivity contribution in [2.45, 2.75) is 10.8 Å². The van der Waals surface area contributed by atoms with Gasteiger partial charge in [-0.25, -0.2) is 17.6 Å². The Labute approximate surface area is 142 Å². The van der Waals surface area contributed by atoms with E-state index >= 15 is 0 Å². The Bertz CT molecular complexity index is 1090. The molecule has 0 radical (unpaired) electrons. The summed E-state index contributed by atoms with van der Waals surface area (Å²) < 4.78 is 53.5. The van der Waals surface area contributed by atoms with Crippen molar-refractivity contribution in [2.24, 2.45) is 0 Å². The van der Waals surface area contributed by atoms with E-state index in [9.17, 15) is 22.4 Å². The topological polar surface area (TPSA) is 56.6 Å². The highest BCUT2D eigenvalue weighted by molar-refractivity contribution is 7.98. The van der Waals surface area contributed by atoms with Crippen LogP contribution in [0.2, 0.25) is 0 Å². The summed E-state index contributed by atoms with van der Waals surface area (Å²) in [4.78, 5) is 14.4. The quantitative estimate of drug-likeness (QED) is 0.429. The molecule has 8 heteroatoms. The molecule has 0 aliphatic rings. The van der Waals surface area contributed by atoms with E-state index in [0.717, 1.165) is 30.0 Å². The number of nitrogens with one attached hydrogen (secondary N) is 1. The van der Waals surface area contributed by atoms with E-state index in [1.807, 2.05) is 0 Å². The molecule has 3 aromatic rings. The van der Waals surface area contributed by atoms with Crippen LogP contribution in [0.3, 0.4) is 0 Å². The summed E-state index contributed by atoms with van der Waals surface area (Å²) in [5.74, 6) is -4.13. The minimum Gasteiger partial charge on any atom is -0.315 e. The van der Waals surface area contributed by atoms with Crippen LogP contribution in [0.5, 0.6) is 0 Å². The molecule has 0 saturated heterocycles. The van der Waals surface area contributed by atoms with Gasteiger partial charge in [0.1, 0.15) is 23.3 Å². The maximum atomic E-state index is 13.7. The molecule has 0 saturated carbocycles. The summed E-state index contributed by atoms with van der Waals surface area (Å²) in [5, 5.41) is 9.80. The van der Waals surface area contributed by atoms with Gasteiger partial charge in [0, 0.05) is 28.2 Å². The molecular formula is C17H8F4N2OS. The van der Waals surface area contributed by atoms with Crippen LogP contribution in [0.25, 0.3) is 10.8 Å². The first-order valence-corrected chi connectivity index (χ1v) is 7.91. The monoisotopic (exact) mass is 364 g/mol.